The van der Waals surface area contributed by atoms with Crippen molar-refractivity contribution in [1.29, 1.82) is 0 Å². The molecule has 0 fully saturated rings. The Balaban J connectivity index is 2.21. The van der Waals surface area contributed by atoms with Crippen molar-refractivity contribution in [2.75, 3.05) is 10.6 Å². The fourth-order valence-corrected chi connectivity index (χ4v) is 1.65. The summed E-state index contributed by atoms with van der Waals surface area (Å²) in [5, 5.41) is 5.40. The second kappa shape index (κ2) is 5.82. The fourth-order valence-electron chi connectivity index (χ4n) is 1.65. The van der Waals surface area contributed by atoms with Crippen molar-refractivity contribution in [2.45, 2.75) is 6.92 Å². The zero-order valence-corrected chi connectivity index (χ0v) is 10.4. The Hall–Kier alpha value is -2.62. The Morgan fingerprint density at radius 1 is 1.00 bits per heavy atom. The van der Waals surface area contributed by atoms with Gasteiger partial charge in [-0.3, -0.25) is 9.59 Å². The molecule has 2 amide bonds. The van der Waals surface area contributed by atoms with Gasteiger partial charge in [0.25, 0.3) is 5.91 Å². The van der Waals surface area contributed by atoms with Crippen LogP contribution in [0.2, 0.25) is 0 Å². The molecule has 1 radical (unpaired) electrons. The Morgan fingerprint density at radius 3 is 2.37 bits per heavy atom. The first kappa shape index (κ1) is 12.8. The summed E-state index contributed by atoms with van der Waals surface area (Å²) in [4.78, 5) is 23.2. The molecule has 2 N–H and O–H groups in total. The lowest BCUT2D eigenvalue weighted by atomic mass is 10.1. The summed E-state index contributed by atoms with van der Waals surface area (Å²) in [6.45, 7) is 1.40. The minimum absolute atomic E-state index is 0.213. The fraction of sp³-hybridized carbons (Fsp3) is 0.0667. The van der Waals surface area contributed by atoms with Crippen LogP contribution in [0.3, 0.4) is 0 Å². The van der Waals surface area contributed by atoms with Gasteiger partial charge in [-0.25, -0.2) is 0 Å². The molecule has 95 valence electrons. The highest BCUT2D eigenvalue weighted by Gasteiger charge is 2.11. The highest BCUT2D eigenvalue weighted by atomic mass is 16.2. The zero-order valence-electron chi connectivity index (χ0n) is 10.4. The molecule has 0 aromatic heterocycles. The van der Waals surface area contributed by atoms with Crippen LogP contribution in [0.25, 0.3) is 0 Å². The zero-order chi connectivity index (χ0) is 13.7. The topological polar surface area (TPSA) is 58.2 Å². The van der Waals surface area contributed by atoms with Crippen molar-refractivity contribution in [3.63, 3.8) is 0 Å². The number of benzene rings is 2. The molecule has 0 bridgehead atoms. The van der Waals surface area contributed by atoms with Crippen molar-refractivity contribution >= 4 is 23.2 Å². The lowest BCUT2D eigenvalue weighted by Crippen LogP contribution is -2.16. The maximum atomic E-state index is 12.1. The normalized spacial score (nSPS) is 9.74. The average molecular weight is 253 g/mol. The molecule has 0 aliphatic carbocycles. The number of hydrogen-bond acceptors (Lipinski definition) is 2. The van der Waals surface area contributed by atoms with E-state index >= 15 is 0 Å². The summed E-state index contributed by atoms with van der Waals surface area (Å²) in [5.41, 5.74) is 1.60. The molecular formula is C15H13N2O2. The molecule has 2 aromatic carbocycles. The summed E-state index contributed by atoms with van der Waals surface area (Å²) >= 11 is 0. The average Bonchev–Trinajstić information content (AvgIpc) is 2.39. The van der Waals surface area contributed by atoms with Gasteiger partial charge in [0.05, 0.1) is 11.3 Å². The monoisotopic (exact) mass is 253 g/mol. The van der Waals surface area contributed by atoms with Crippen LogP contribution >= 0.6 is 0 Å². The minimum atomic E-state index is -0.268. The second-order valence-electron chi connectivity index (χ2n) is 3.97. The number of carbonyl (C=O) groups excluding carboxylic acids is 2. The van der Waals surface area contributed by atoms with E-state index in [0.717, 1.165) is 0 Å². The van der Waals surface area contributed by atoms with Gasteiger partial charge in [0.2, 0.25) is 5.91 Å². The third kappa shape index (κ3) is 3.42. The number of rotatable bonds is 3. The third-order valence-corrected chi connectivity index (χ3v) is 2.46. The smallest absolute Gasteiger partial charge is 0.257 e. The molecule has 0 spiro atoms. The first-order chi connectivity index (χ1) is 9.16. The second-order valence-corrected chi connectivity index (χ2v) is 3.97. The van der Waals surface area contributed by atoms with E-state index in [1.807, 2.05) is 0 Å². The lowest BCUT2D eigenvalue weighted by molar-refractivity contribution is -0.114. The molecular weight excluding hydrogens is 240 g/mol. The molecule has 0 heterocycles. The molecule has 2 aromatic rings. The van der Waals surface area contributed by atoms with Gasteiger partial charge < -0.3 is 10.6 Å². The Kier molecular flexibility index (Phi) is 3.93. The predicted octanol–water partition coefficient (Wildman–Crippen LogP) is 2.70. The van der Waals surface area contributed by atoms with Gasteiger partial charge in [0, 0.05) is 12.6 Å². The van der Waals surface area contributed by atoms with Crippen molar-refractivity contribution in [3.05, 3.63) is 60.2 Å². The summed E-state index contributed by atoms with van der Waals surface area (Å²) in [6.07, 6.45) is 0. The van der Waals surface area contributed by atoms with Crippen LogP contribution in [-0.4, -0.2) is 11.8 Å². The Labute approximate surface area is 111 Å². The summed E-state index contributed by atoms with van der Waals surface area (Å²) < 4.78 is 0. The quantitative estimate of drug-likeness (QED) is 0.883. The van der Waals surface area contributed by atoms with Gasteiger partial charge >= 0.3 is 0 Å². The van der Waals surface area contributed by atoms with Gasteiger partial charge in [-0.1, -0.05) is 24.3 Å². The van der Waals surface area contributed by atoms with E-state index in [1.165, 1.54) is 6.92 Å². The molecule has 4 heteroatoms. The molecule has 0 aliphatic rings. The van der Waals surface area contributed by atoms with Crippen molar-refractivity contribution in [2.24, 2.45) is 0 Å². The first-order valence-corrected chi connectivity index (χ1v) is 5.81. The van der Waals surface area contributed by atoms with Gasteiger partial charge in [-0.05, 0) is 30.3 Å². The van der Waals surface area contributed by atoms with Crippen LogP contribution in [0.1, 0.15) is 17.3 Å². The van der Waals surface area contributed by atoms with E-state index in [1.54, 1.807) is 48.5 Å². The van der Waals surface area contributed by atoms with Crippen LogP contribution in [0.5, 0.6) is 0 Å². The summed E-state index contributed by atoms with van der Waals surface area (Å²) in [5.74, 6) is -0.481. The van der Waals surface area contributed by atoms with Crippen LogP contribution in [0.15, 0.2) is 48.5 Å². The minimum Gasteiger partial charge on any atom is -0.326 e. The lowest BCUT2D eigenvalue weighted by Gasteiger charge is -2.10. The summed E-state index contributed by atoms with van der Waals surface area (Å²) in [7, 11) is 0. The highest BCUT2D eigenvalue weighted by Crippen LogP contribution is 2.17. The number of amides is 2. The standard InChI is InChI=1S/C15H13N2O2/c1-11(18)16-14-10-6-5-9-13(14)15(19)17-12-7-3-2-4-8-12/h3-10H,1H3,(H,16,18)(H,17,19). The van der Waals surface area contributed by atoms with Crippen LogP contribution in [0.4, 0.5) is 11.4 Å². The molecule has 0 saturated heterocycles. The maximum absolute atomic E-state index is 12.1. The van der Waals surface area contributed by atoms with Crippen LogP contribution < -0.4 is 10.6 Å². The SMILES string of the molecule is CC(=O)Nc1ccccc1C(=O)Nc1cc[c]cc1. The highest BCUT2D eigenvalue weighted by molar-refractivity contribution is 6.09. The largest absolute Gasteiger partial charge is 0.326 e. The van der Waals surface area contributed by atoms with Crippen molar-refractivity contribution in [1.82, 2.24) is 0 Å². The number of nitrogens with one attached hydrogen (secondary N) is 2. The Bertz CT molecular complexity index is 594. The Morgan fingerprint density at radius 2 is 1.68 bits per heavy atom. The predicted molar refractivity (Wildman–Crippen MR) is 74.0 cm³/mol. The van der Waals surface area contributed by atoms with Crippen molar-refractivity contribution in [3.8, 4) is 0 Å². The summed E-state index contributed by atoms with van der Waals surface area (Å²) in [6, 6.07) is 16.7. The van der Waals surface area contributed by atoms with Crippen LogP contribution in [0, 0.1) is 6.07 Å². The van der Waals surface area contributed by atoms with E-state index in [2.05, 4.69) is 16.7 Å². The number of para-hydroxylation sites is 1. The van der Waals surface area contributed by atoms with Crippen molar-refractivity contribution < 1.29 is 9.59 Å². The third-order valence-electron chi connectivity index (χ3n) is 2.46. The van der Waals surface area contributed by atoms with Gasteiger partial charge in [0.1, 0.15) is 0 Å². The molecule has 4 nitrogen and oxygen atoms in total. The first-order valence-electron chi connectivity index (χ1n) is 5.81. The number of anilines is 2. The van der Waals surface area contributed by atoms with E-state index in [-0.39, 0.29) is 11.8 Å². The van der Waals surface area contributed by atoms with E-state index in [0.29, 0.717) is 16.9 Å². The maximum Gasteiger partial charge on any atom is 0.257 e. The number of carbonyl (C=O) groups is 2. The number of hydrogen-bond donors (Lipinski definition) is 2. The van der Waals surface area contributed by atoms with E-state index in [9.17, 15) is 9.59 Å². The van der Waals surface area contributed by atoms with E-state index < -0.39 is 0 Å². The van der Waals surface area contributed by atoms with Gasteiger partial charge in [-0.15, -0.1) is 0 Å². The molecule has 0 atom stereocenters. The van der Waals surface area contributed by atoms with Gasteiger partial charge in [0.15, 0.2) is 0 Å². The van der Waals surface area contributed by atoms with Crippen LogP contribution in [-0.2, 0) is 4.79 Å². The van der Waals surface area contributed by atoms with Gasteiger partial charge in [-0.2, -0.15) is 0 Å². The molecule has 0 unspecified atom stereocenters. The molecule has 0 aliphatic heterocycles. The van der Waals surface area contributed by atoms with E-state index in [4.69, 9.17) is 0 Å². The molecule has 2 rings (SSSR count). The molecule has 0 saturated carbocycles. The molecule has 19 heavy (non-hydrogen) atoms.